The molecule has 0 atom stereocenters. The van der Waals surface area contributed by atoms with E-state index >= 15 is 0 Å². The molecule has 3 aromatic carbocycles. The number of hydrogen-bond donors (Lipinski definition) is 1. The number of aryl methyl sites for hydroxylation is 2. The second-order valence-electron chi connectivity index (χ2n) is 7.34. The molecule has 0 radical (unpaired) electrons. The number of hydrogen-bond acceptors (Lipinski definition) is 5. The van der Waals surface area contributed by atoms with Gasteiger partial charge in [0.1, 0.15) is 6.33 Å². The Kier molecular flexibility index (Phi) is 6.12. The van der Waals surface area contributed by atoms with E-state index in [1.807, 2.05) is 68.4 Å². The van der Waals surface area contributed by atoms with E-state index in [0.29, 0.717) is 28.6 Å². The molecule has 6 heteroatoms. The van der Waals surface area contributed by atoms with E-state index < -0.39 is 0 Å². The largest absolute Gasteiger partial charge is 0.493 e. The number of carbonyl (C=O) groups excluding carboxylic acids is 1. The van der Waals surface area contributed by atoms with Crippen LogP contribution in [0.3, 0.4) is 0 Å². The quantitative estimate of drug-likeness (QED) is 0.422. The molecule has 1 amide bonds. The fourth-order valence-electron chi connectivity index (χ4n) is 3.31. The number of ether oxygens (including phenoxy) is 2. The Morgan fingerprint density at radius 1 is 0.875 bits per heavy atom. The highest BCUT2D eigenvalue weighted by Gasteiger charge is 2.11. The van der Waals surface area contributed by atoms with Crippen molar-refractivity contribution in [3.63, 3.8) is 0 Å². The number of aromatic nitrogens is 2. The molecule has 1 N–H and O–H groups in total. The second-order valence-corrected chi connectivity index (χ2v) is 7.34. The fraction of sp³-hybridized carbons (Fsp3) is 0.115. The van der Waals surface area contributed by atoms with Crippen LogP contribution in [0.4, 0.5) is 5.69 Å². The SMILES string of the molecule is COc1ccccc1Oc1cc(-c2ccc(C(=O)Nc3ccc(C)cc3C)cc2)ncn1. The first-order valence-electron chi connectivity index (χ1n) is 10.2. The summed E-state index contributed by atoms with van der Waals surface area (Å²) in [5.41, 5.74) is 5.08. The number of benzene rings is 3. The van der Waals surface area contributed by atoms with Crippen molar-refractivity contribution in [1.29, 1.82) is 0 Å². The number of rotatable bonds is 6. The van der Waals surface area contributed by atoms with Crippen molar-refractivity contribution in [2.75, 3.05) is 12.4 Å². The maximum Gasteiger partial charge on any atom is 0.255 e. The predicted octanol–water partition coefficient (Wildman–Crippen LogP) is 5.81. The minimum atomic E-state index is -0.161. The lowest BCUT2D eigenvalue weighted by molar-refractivity contribution is 0.102. The van der Waals surface area contributed by atoms with Gasteiger partial charge in [0.05, 0.1) is 12.8 Å². The molecule has 160 valence electrons. The number of nitrogens with zero attached hydrogens (tertiary/aromatic N) is 2. The third-order valence-electron chi connectivity index (χ3n) is 5.00. The van der Waals surface area contributed by atoms with E-state index in [0.717, 1.165) is 22.4 Å². The second kappa shape index (κ2) is 9.31. The normalized spacial score (nSPS) is 10.5. The van der Waals surface area contributed by atoms with Crippen molar-refractivity contribution < 1.29 is 14.3 Å². The Balaban J connectivity index is 1.50. The first-order valence-corrected chi connectivity index (χ1v) is 10.2. The van der Waals surface area contributed by atoms with E-state index in [1.165, 1.54) is 6.33 Å². The standard InChI is InChI=1S/C26H23N3O3/c1-17-8-13-21(18(2)14-17)29-26(30)20-11-9-19(10-12-20)22-15-25(28-16-27-22)32-24-7-5-4-6-23(24)31-3/h4-16H,1-3H3,(H,29,30). The number of nitrogens with one attached hydrogen (secondary N) is 1. The summed E-state index contributed by atoms with van der Waals surface area (Å²) in [6.45, 7) is 4.00. The molecule has 0 aliphatic heterocycles. The Hall–Kier alpha value is -4.19. The Morgan fingerprint density at radius 3 is 2.34 bits per heavy atom. The maximum atomic E-state index is 12.6. The molecule has 0 saturated heterocycles. The molecule has 0 saturated carbocycles. The summed E-state index contributed by atoms with van der Waals surface area (Å²) in [6.07, 6.45) is 1.45. The van der Waals surface area contributed by atoms with Gasteiger partial charge < -0.3 is 14.8 Å². The van der Waals surface area contributed by atoms with E-state index in [4.69, 9.17) is 9.47 Å². The Bertz CT molecular complexity index is 1250. The van der Waals surface area contributed by atoms with Crippen LogP contribution >= 0.6 is 0 Å². The topological polar surface area (TPSA) is 73.3 Å². The van der Waals surface area contributed by atoms with E-state index in [9.17, 15) is 4.79 Å². The van der Waals surface area contributed by atoms with Crippen molar-refractivity contribution in [3.05, 3.63) is 95.8 Å². The average Bonchev–Trinajstić information content (AvgIpc) is 2.81. The van der Waals surface area contributed by atoms with Crippen molar-refractivity contribution in [1.82, 2.24) is 9.97 Å². The number of methoxy groups -OCH3 is 1. The highest BCUT2D eigenvalue weighted by molar-refractivity contribution is 6.04. The van der Waals surface area contributed by atoms with Gasteiger partial charge in [-0.3, -0.25) is 4.79 Å². The third-order valence-corrected chi connectivity index (χ3v) is 5.00. The van der Waals surface area contributed by atoms with Crippen molar-refractivity contribution >= 4 is 11.6 Å². The van der Waals surface area contributed by atoms with Crippen LogP contribution in [0.15, 0.2) is 79.1 Å². The molecule has 0 fully saturated rings. The molecular weight excluding hydrogens is 402 g/mol. The molecule has 6 nitrogen and oxygen atoms in total. The minimum Gasteiger partial charge on any atom is -0.493 e. The van der Waals surface area contributed by atoms with E-state index in [-0.39, 0.29) is 5.91 Å². The molecule has 1 heterocycles. The van der Waals surface area contributed by atoms with Gasteiger partial charge in [0.15, 0.2) is 11.5 Å². The smallest absolute Gasteiger partial charge is 0.255 e. The molecule has 0 aliphatic rings. The Morgan fingerprint density at radius 2 is 1.62 bits per heavy atom. The summed E-state index contributed by atoms with van der Waals surface area (Å²) >= 11 is 0. The van der Waals surface area contributed by atoms with Crippen LogP contribution in [0.5, 0.6) is 17.4 Å². The van der Waals surface area contributed by atoms with Crippen LogP contribution < -0.4 is 14.8 Å². The van der Waals surface area contributed by atoms with Gasteiger partial charge in [0.2, 0.25) is 5.88 Å². The first-order chi connectivity index (χ1) is 15.5. The van der Waals surface area contributed by atoms with Crippen LogP contribution in [0, 0.1) is 13.8 Å². The van der Waals surface area contributed by atoms with Gasteiger partial charge in [-0.2, -0.15) is 0 Å². The maximum absolute atomic E-state index is 12.6. The van der Waals surface area contributed by atoms with Crippen molar-refractivity contribution in [3.8, 4) is 28.6 Å². The summed E-state index contributed by atoms with van der Waals surface area (Å²) < 4.78 is 11.2. The highest BCUT2D eigenvalue weighted by atomic mass is 16.5. The lowest BCUT2D eigenvalue weighted by Crippen LogP contribution is -2.12. The van der Waals surface area contributed by atoms with Gasteiger partial charge in [-0.1, -0.05) is 42.0 Å². The van der Waals surface area contributed by atoms with Crippen LogP contribution in [-0.2, 0) is 0 Å². The van der Waals surface area contributed by atoms with Crippen molar-refractivity contribution in [2.45, 2.75) is 13.8 Å². The Labute approximate surface area is 186 Å². The monoisotopic (exact) mass is 425 g/mol. The lowest BCUT2D eigenvalue weighted by Gasteiger charge is -2.10. The fourth-order valence-corrected chi connectivity index (χ4v) is 3.31. The number of para-hydroxylation sites is 2. The summed E-state index contributed by atoms with van der Waals surface area (Å²) in [4.78, 5) is 21.2. The molecule has 0 unspecified atom stereocenters. The van der Waals surface area contributed by atoms with Crippen LogP contribution in [0.1, 0.15) is 21.5 Å². The highest BCUT2D eigenvalue weighted by Crippen LogP contribution is 2.31. The summed E-state index contributed by atoms with van der Waals surface area (Å²) in [5, 5.41) is 2.96. The average molecular weight is 425 g/mol. The van der Waals surface area contributed by atoms with Gasteiger partial charge in [-0.25, -0.2) is 9.97 Å². The zero-order chi connectivity index (χ0) is 22.5. The summed E-state index contributed by atoms with van der Waals surface area (Å²) in [7, 11) is 1.59. The lowest BCUT2D eigenvalue weighted by atomic mass is 10.1. The first kappa shape index (κ1) is 21.1. The third kappa shape index (κ3) is 4.75. The molecular formula is C26H23N3O3. The minimum absolute atomic E-state index is 0.161. The van der Waals surface area contributed by atoms with Crippen LogP contribution in [0.25, 0.3) is 11.3 Å². The van der Waals surface area contributed by atoms with Crippen molar-refractivity contribution in [2.24, 2.45) is 0 Å². The molecule has 0 spiro atoms. The predicted molar refractivity (Wildman–Crippen MR) is 124 cm³/mol. The van der Waals surface area contributed by atoms with Gasteiger partial charge in [0, 0.05) is 22.9 Å². The summed E-state index contributed by atoms with van der Waals surface area (Å²) in [5.74, 6) is 1.42. The molecule has 32 heavy (non-hydrogen) atoms. The molecule has 0 aliphatic carbocycles. The molecule has 4 aromatic rings. The zero-order valence-corrected chi connectivity index (χ0v) is 18.1. The van der Waals surface area contributed by atoms with Gasteiger partial charge in [0.25, 0.3) is 5.91 Å². The summed E-state index contributed by atoms with van der Waals surface area (Å²) in [6, 6.07) is 22.3. The zero-order valence-electron chi connectivity index (χ0n) is 18.1. The molecule has 0 bridgehead atoms. The van der Waals surface area contributed by atoms with Gasteiger partial charge in [-0.05, 0) is 49.7 Å². The number of amides is 1. The number of carbonyl (C=O) groups is 1. The van der Waals surface area contributed by atoms with Gasteiger partial charge >= 0.3 is 0 Å². The van der Waals surface area contributed by atoms with E-state index in [2.05, 4.69) is 15.3 Å². The van der Waals surface area contributed by atoms with Gasteiger partial charge in [-0.15, -0.1) is 0 Å². The van der Waals surface area contributed by atoms with Crippen LogP contribution in [0.2, 0.25) is 0 Å². The molecule has 4 rings (SSSR count). The van der Waals surface area contributed by atoms with Crippen LogP contribution in [-0.4, -0.2) is 23.0 Å². The number of anilines is 1. The van der Waals surface area contributed by atoms with E-state index in [1.54, 1.807) is 25.3 Å². The molecule has 1 aromatic heterocycles.